The van der Waals surface area contributed by atoms with Gasteiger partial charge in [-0.15, -0.1) is 0 Å². The topological polar surface area (TPSA) is 109 Å². The highest BCUT2D eigenvalue weighted by Gasteiger charge is 2.45. The quantitative estimate of drug-likeness (QED) is 0.352. The van der Waals surface area contributed by atoms with Gasteiger partial charge in [0.1, 0.15) is 17.4 Å². The number of alkyl halides is 2. The van der Waals surface area contributed by atoms with Crippen LogP contribution in [0, 0.1) is 11.3 Å². The molecule has 4 aromatic rings. The number of imidazole rings is 1. The van der Waals surface area contributed by atoms with E-state index in [1.807, 2.05) is 22.8 Å². The van der Waals surface area contributed by atoms with Gasteiger partial charge in [0.2, 0.25) is 0 Å². The minimum atomic E-state index is -3.01. The Kier molecular flexibility index (Phi) is 5.57. The summed E-state index contributed by atoms with van der Waals surface area (Å²) in [5, 5.41) is 12.3. The third-order valence-electron chi connectivity index (χ3n) is 8.53. The molecule has 9 nitrogen and oxygen atoms in total. The van der Waals surface area contributed by atoms with Gasteiger partial charge in [0.25, 0.3) is 5.91 Å². The highest BCUT2D eigenvalue weighted by molar-refractivity contribution is 5.98. The fourth-order valence-electron chi connectivity index (χ4n) is 6.40. The number of amides is 1. The highest BCUT2D eigenvalue weighted by atomic mass is 19.3. The molecule has 0 saturated heterocycles. The average molecular weight is 542 g/mol. The summed E-state index contributed by atoms with van der Waals surface area (Å²) in [6.45, 7) is -2.77. The van der Waals surface area contributed by atoms with Crippen LogP contribution in [0.25, 0.3) is 22.2 Å². The normalized spacial score (nSPS) is 20.6. The molecule has 4 heterocycles. The molecule has 2 aromatic heterocycles. The van der Waals surface area contributed by atoms with Gasteiger partial charge in [-0.1, -0.05) is 12.1 Å². The van der Waals surface area contributed by atoms with Crippen LogP contribution < -0.4 is 10.1 Å². The van der Waals surface area contributed by atoms with Crippen LogP contribution >= 0.6 is 0 Å². The Labute approximate surface area is 228 Å². The second kappa shape index (κ2) is 9.06. The van der Waals surface area contributed by atoms with E-state index in [4.69, 9.17) is 15.0 Å². The molecule has 1 aliphatic carbocycles. The summed E-state index contributed by atoms with van der Waals surface area (Å²) in [7, 11) is 1.72. The standard InChI is InChI=1S/C29H25F2N7O2/c1-37-22-13-21(24-18(26(37)39)4-2-5-23(24)40-28(30)31)38-20-12-16(6-7-19(20)36-25(22)38)17-14-33-27(34-15-17)29(8-3-9-29)35-11-10-32/h2,4-7,12,14-15,21-22,28,35H,3,8-9,11,13H2,1H3/t21-,22-/m1/s1. The minimum absolute atomic E-state index is 0.00433. The van der Waals surface area contributed by atoms with Gasteiger partial charge in [0.05, 0.1) is 41.3 Å². The monoisotopic (exact) mass is 541 g/mol. The largest absolute Gasteiger partial charge is 0.434 e. The zero-order valence-corrected chi connectivity index (χ0v) is 21.6. The third-order valence-corrected chi connectivity index (χ3v) is 8.53. The fourth-order valence-corrected chi connectivity index (χ4v) is 6.40. The van der Waals surface area contributed by atoms with E-state index in [2.05, 4.69) is 21.4 Å². The van der Waals surface area contributed by atoms with Crippen molar-refractivity contribution in [2.45, 2.75) is 49.9 Å². The molecule has 1 saturated carbocycles. The van der Waals surface area contributed by atoms with Crippen LogP contribution in [0.15, 0.2) is 48.8 Å². The van der Waals surface area contributed by atoms with Gasteiger partial charge in [0, 0.05) is 42.6 Å². The Balaban J connectivity index is 1.32. The smallest absolute Gasteiger partial charge is 0.387 e. The molecule has 11 heteroatoms. The molecule has 2 atom stereocenters. The predicted octanol–water partition coefficient (Wildman–Crippen LogP) is 4.71. The highest BCUT2D eigenvalue weighted by Crippen LogP contribution is 2.50. The first-order valence-corrected chi connectivity index (χ1v) is 13.2. The molecule has 1 amide bonds. The van der Waals surface area contributed by atoms with E-state index in [0.29, 0.717) is 29.2 Å². The number of aromatic nitrogens is 4. The van der Waals surface area contributed by atoms with E-state index in [0.717, 1.165) is 41.4 Å². The van der Waals surface area contributed by atoms with Crippen LogP contribution in [0.1, 0.15) is 65.3 Å². The summed E-state index contributed by atoms with van der Waals surface area (Å²) >= 11 is 0. The molecule has 1 fully saturated rings. The van der Waals surface area contributed by atoms with Crippen molar-refractivity contribution in [3.05, 3.63) is 71.6 Å². The van der Waals surface area contributed by atoms with Gasteiger partial charge in [-0.2, -0.15) is 14.0 Å². The lowest BCUT2D eigenvalue weighted by Gasteiger charge is -2.40. The lowest BCUT2D eigenvalue weighted by molar-refractivity contribution is -0.0507. The van der Waals surface area contributed by atoms with E-state index < -0.39 is 12.7 Å². The van der Waals surface area contributed by atoms with E-state index in [1.165, 1.54) is 6.07 Å². The number of nitrogens with zero attached hydrogens (tertiary/aromatic N) is 6. The van der Waals surface area contributed by atoms with Crippen LogP contribution in [0.3, 0.4) is 0 Å². The lowest BCUT2D eigenvalue weighted by atomic mass is 9.76. The van der Waals surface area contributed by atoms with Crippen LogP contribution in [-0.4, -0.2) is 50.5 Å². The Hall–Kier alpha value is -4.43. The van der Waals surface area contributed by atoms with Crippen LogP contribution in [0.4, 0.5) is 8.78 Å². The summed E-state index contributed by atoms with van der Waals surface area (Å²) in [6.07, 6.45) is 6.93. The second-order valence-electron chi connectivity index (χ2n) is 10.6. The fraction of sp³-hybridized carbons (Fsp3) is 0.345. The molecular formula is C29H25F2N7O2. The number of nitriles is 1. The number of carbonyl (C=O) groups excluding carboxylic acids is 1. The number of hydrogen-bond acceptors (Lipinski definition) is 7. The maximum absolute atomic E-state index is 13.4. The summed E-state index contributed by atoms with van der Waals surface area (Å²) < 4.78 is 33.7. The first-order chi connectivity index (χ1) is 19.4. The molecule has 2 aliphatic heterocycles. The summed E-state index contributed by atoms with van der Waals surface area (Å²) in [5.74, 6) is 1.16. The Morgan fingerprint density at radius 1 is 1.18 bits per heavy atom. The second-order valence-corrected chi connectivity index (χ2v) is 10.6. The van der Waals surface area contributed by atoms with Gasteiger partial charge >= 0.3 is 6.61 Å². The van der Waals surface area contributed by atoms with E-state index in [1.54, 1.807) is 36.5 Å². The van der Waals surface area contributed by atoms with E-state index >= 15 is 0 Å². The number of hydrogen-bond donors (Lipinski definition) is 1. The SMILES string of the molecule is CN1C(=O)c2cccc(OC(F)F)c2[C@H]2C[C@@H]1c1nc3ccc(-c4cnc(C5(NCC#N)CCC5)nc4)cc3n12. The van der Waals surface area contributed by atoms with Crippen molar-refractivity contribution < 1.29 is 18.3 Å². The lowest BCUT2D eigenvalue weighted by Crippen LogP contribution is -2.49. The molecule has 40 heavy (non-hydrogen) atoms. The number of halogens is 2. The predicted molar refractivity (Wildman–Crippen MR) is 141 cm³/mol. The number of rotatable bonds is 6. The van der Waals surface area contributed by atoms with E-state index in [9.17, 15) is 13.6 Å². The molecule has 0 spiro atoms. The van der Waals surface area contributed by atoms with Gasteiger partial charge in [-0.25, -0.2) is 15.0 Å². The zero-order valence-electron chi connectivity index (χ0n) is 21.6. The van der Waals surface area contributed by atoms with Crippen molar-refractivity contribution in [2.75, 3.05) is 13.6 Å². The average Bonchev–Trinajstić information content (AvgIpc) is 3.45. The number of carbonyl (C=O) groups is 1. The Bertz CT molecular complexity index is 1690. The van der Waals surface area contributed by atoms with Crippen molar-refractivity contribution in [3.8, 4) is 22.9 Å². The summed E-state index contributed by atoms with van der Waals surface area (Å²) in [4.78, 5) is 29.1. The molecule has 3 aliphatic rings. The van der Waals surface area contributed by atoms with Crippen LogP contribution in [0.2, 0.25) is 0 Å². The molecule has 2 bridgehead atoms. The van der Waals surface area contributed by atoms with Crippen molar-refractivity contribution in [1.29, 1.82) is 5.26 Å². The number of ether oxygens (including phenoxy) is 1. The number of fused-ring (bicyclic) bond motifs is 9. The molecule has 0 unspecified atom stereocenters. The van der Waals surface area contributed by atoms with Gasteiger partial charge in [-0.05, 0) is 49.1 Å². The molecule has 202 valence electrons. The van der Waals surface area contributed by atoms with Crippen LogP contribution in [0.5, 0.6) is 5.75 Å². The Morgan fingerprint density at radius 2 is 1.98 bits per heavy atom. The number of nitrogens with one attached hydrogen (secondary N) is 1. The zero-order chi connectivity index (χ0) is 27.6. The van der Waals surface area contributed by atoms with Crippen molar-refractivity contribution >= 4 is 16.9 Å². The summed E-state index contributed by atoms with van der Waals surface area (Å²) in [6, 6.07) is 12.0. The van der Waals surface area contributed by atoms with Crippen LogP contribution in [-0.2, 0) is 5.54 Å². The van der Waals surface area contributed by atoms with Crippen molar-refractivity contribution in [1.82, 2.24) is 29.7 Å². The van der Waals surface area contributed by atoms with E-state index in [-0.39, 0.29) is 29.8 Å². The molecular weight excluding hydrogens is 516 g/mol. The van der Waals surface area contributed by atoms with Crippen molar-refractivity contribution in [2.24, 2.45) is 0 Å². The maximum atomic E-state index is 13.4. The van der Waals surface area contributed by atoms with Crippen molar-refractivity contribution in [3.63, 3.8) is 0 Å². The molecule has 2 aromatic carbocycles. The molecule has 1 N–H and O–H groups in total. The van der Waals surface area contributed by atoms with Gasteiger partial charge in [-0.3, -0.25) is 10.1 Å². The molecule has 7 rings (SSSR count). The van der Waals surface area contributed by atoms with Gasteiger partial charge in [0.15, 0.2) is 0 Å². The Morgan fingerprint density at radius 3 is 2.67 bits per heavy atom. The number of benzene rings is 2. The minimum Gasteiger partial charge on any atom is -0.434 e. The van der Waals surface area contributed by atoms with Gasteiger partial charge < -0.3 is 14.2 Å². The summed E-state index contributed by atoms with van der Waals surface area (Å²) in [5.41, 5.74) is 3.74. The first-order valence-electron chi connectivity index (χ1n) is 13.2. The first kappa shape index (κ1) is 24.6. The maximum Gasteiger partial charge on any atom is 0.387 e. The molecule has 0 radical (unpaired) electrons. The third kappa shape index (κ3) is 3.59.